The van der Waals surface area contributed by atoms with Crippen molar-refractivity contribution in [2.24, 2.45) is 10.9 Å². The van der Waals surface area contributed by atoms with Gasteiger partial charge in [0.15, 0.2) is 0 Å². The number of aryl methyl sites for hydroxylation is 1. The third kappa shape index (κ3) is 3.24. The van der Waals surface area contributed by atoms with Gasteiger partial charge in [-0.1, -0.05) is 13.0 Å². The molecule has 0 aliphatic heterocycles. The van der Waals surface area contributed by atoms with Gasteiger partial charge in [0.2, 0.25) is 5.78 Å². The normalized spacial score (nSPS) is 18.2. The Morgan fingerprint density at radius 1 is 1.45 bits per heavy atom. The molecule has 0 saturated heterocycles. The largest absolute Gasteiger partial charge is 0.287 e. The van der Waals surface area contributed by atoms with E-state index in [4.69, 9.17) is 0 Å². The maximum Gasteiger partial charge on any atom is 0.208 e. The molecule has 1 fully saturated rings. The van der Waals surface area contributed by atoms with Gasteiger partial charge in [0, 0.05) is 35.7 Å². The molecule has 0 atom stereocenters. The quantitative estimate of drug-likeness (QED) is 0.578. The number of carbonyl (C=O) groups is 1. The Bertz CT molecular complexity index is 706. The highest BCUT2D eigenvalue weighted by Crippen LogP contribution is 2.31. The zero-order chi connectivity index (χ0) is 15.7. The van der Waals surface area contributed by atoms with Gasteiger partial charge in [-0.3, -0.25) is 14.8 Å². The zero-order valence-electron chi connectivity index (χ0n) is 13.4. The maximum absolute atomic E-state index is 12.4. The van der Waals surface area contributed by atoms with Crippen molar-refractivity contribution >= 4 is 17.1 Å². The van der Waals surface area contributed by atoms with Crippen LogP contribution in [0.2, 0.25) is 0 Å². The van der Waals surface area contributed by atoms with Gasteiger partial charge in [0.1, 0.15) is 5.69 Å². The summed E-state index contributed by atoms with van der Waals surface area (Å²) in [6.45, 7) is 6.18. The van der Waals surface area contributed by atoms with E-state index in [2.05, 4.69) is 23.8 Å². The van der Waals surface area contributed by atoms with E-state index in [9.17, 15) is 4.79 Å². The summed E-state index contributed by atoms with van der Waals surface area (Å²) in [6.07, 6.45) is 10.7. The van der Waals surface area contributed by atoms with Gasteiger partial charge in [0.05, 0.1) is 0 Å². The second-order valence-corrected chi connectivity index (χ2v) is 6.08. The molecule has 0 amide bonds. The smallest absolute Gasteiger partial charge is 0.208 e. The number of Topliss-reactive ketones (excluding diaryl/α,β-unsaturated/α-hetero) is 1. The van der Waals surface area contributed by atoms with Crippen LogP contribution in [0.3, 0.4) is 0 Å². The predicted molar refractivity (Wildman–Crippen MR) is 89.8 cm³/mol. The fourth-order valence-electron chi connectivity index (χ4n) is 2.46. The molecule has 3 nitrogen and oxygen atoms in total. The van der Waals surface area contributed by atoms with Crippen LogP contribution in [0, 0.1) is 19.3 Å². The van der Waals surface area contributed by atoms with Crippen molar-refractivity contribution < 1.29 is 4.79 Å². The summed E-state index contributed by atoms with van der Waals surface area (Å²) in [7, 11) is 0. The summed E-state index contributed by atoms with van der Waals surface area (Å²) in [5, 5.41) is 0. The topological polar surface area (TPSA) is 42.3 Å². The van der Waals surface area contributed by atoms with Gasteiger partial charge in [0.25, 0.3) is 0 Å². The molecule has 1 saturated carbocycles. The van der Waals surface area contributed by atoms with Crippen LogP contribution in [-0.2, 0) is 0 Å². The molecule has 2 aliphatic carbocycles. The first-order valence-electron chi connectivity index (χ1n) is 7.90. The van der Waals surface area contributed by atoms with Crippen LogP contribution in [-0.4, -0.2) is 16.5 Å². The fraction of sp³-hybridized carbons (Fsp3) is 0.368. The molecule has 1 radical (unpaired) electrons. The van der Waals surface area contributed by atoms with E-state index >= 15 is 0 Å². The summed E-state index contributed by atoms with van der Waals surface area (Å²) in [6, 6.07) is 2.04. The van der Waals surface area contributed by atoms with E-state index in [0.29, 0.717) is 11.6 Å². The van der Waals surface area contributed by atoms with Crippen molar-refractivity contribution in [1.29, 1.82) is 0 Å². The molecule has 1 aromatic heterocycles. The number of rotatable bonds is 6. The molecule has 0 bridgehead atoms. The van der Waals surface area contributed by atoms with Crippen LogP contribution in [0.15, 0.2) is 35.1 Å². The third-order valence-corrected chi connectivity index (χ3v) is 4.15. The molecule has 0 aromatic carbocycles. The number of ketones is 1. The fourth-order valence-corrected chi connectivity index (χ4v) is 2.46. The first kappa shape index (κ1) is 14.9. The SMILES string of the molecule is CC/C(=C\N=C(C)C1CC1)c1cc(C)cnc1C(=O)C1=C[CH]1. The summed E-state index contributed by atoms with van der Waals surface area (Å²) in [5.41, 5.74) is 5.53. The number of hydrogen-bond acceptors (Lipinski definition) is 3. The molecule has 1 aromatic rings. The second-order valence-electron chi connectivity index (χ2n) is 6.08. The molecule has 0 N–H and O–H groups in total. The molecular weight excluding hydrogens is 272 g/mol. The molecule has 3 heteroatoms. The summed E-state index contributed by atoms with van der Waals surface area (Å²) in [4.78, 5) is 21.4. The molecule has 3 rings (SSSR count). The van der Waals surface area contributed by atoms with E-state index < -0.39 is 0 Å². The monoisotopic (exact) mass is 293 g/mol. The number of carbonyl (C=O) groups excluding carboxylic acids is 1. The number of aromatic nitrogens is 1. The lowest BCUT2D eigenvalue weighted by molar-refractivity contribution is 0.103. The van der Waals surface area contributed by atoms with Crippen molar-refractivity contribution in [2.45, 2.75) is 40.0 Å². The highest BCUT2D eigenvalue weighted by Gasteiger charge is 2.25. The maximum atomic E-state index is 12.4. The van der Waals surface area contributed by atoms with E-state index in [1.54, 1.807) is 6.20 Å². The van der Waals surface area contributed by atoms with Crippen molar-refractivity contribution in [2.75, 3.05) is 0 Å². The standard InChI is InChI=1S/C19H21N2O/c1-4-14(11-20-13(3)15-5-6-15)17-9-12(2)10-21-18(17)19(22)16-7-8-16/h7-11,15H,4-6H2,1-3H3/b14-11+,20-13?. The summed E-state index contributed by atoms with van der Waals surface area (Å²) in [5.74, 6) is 0.676. The van der Waals surface area contributed by atoms with E-state index in [0.717, 1.165) is 28.7 Å². The van der Waals surface area contributed by atoms with Gasteiger partial charge in [-0.25, -0.2) is 0 Å². The van der Waals surface area contributed by atoms with E-state index in [1.165, 1.54) is 18.6 Å². The van der Waals surface area contributed by atoms with Gasteiger partial charge >= 0.3 is 0 Å². The van der Waals surface area contributed by atoms with Crippen LogP contribution in [0.5, 0.6) is 0 Å². The number of nitrogens with zero attached hydrogens (tertiary/aromatic N) is 2. The first-order chi connectivity index (χ1) is 10.6. The molecule has 22 heavy (non-hydrogen) atoms. The average Bonchev–Trinajstić information content (AvgIpc) is 3.40. The van der Waals surface area contributed by atoms with Crippen LogP contribution in [0.25, 0.3) is 5.57 Å². The molecule has 1 heterocycles. The molecule has 113 valence electrons. The number of pyridine rings is 1. The van der Waals surface area contributed by atoms with Gasteiger partial charge in [-0.05, 0) is 56.2 Å². The first-order valence-corrected chi connectivity index (χ1v) is 7.90. The zero-order valence-corrected chi connectivity index (χ0v) is 13.4. The predicted octanol–water partition coefficient (Wildman–Crippen LogP) is 4.34. The van der Waals surface area contributed by atoms with Crippen molar-refractivity contribution in [1.82, 2.24) is 4.98 Å². The second kappa shape index (κ2) is 5.99. The highest BCUT2D eigenvalue weighted by atomic mass is 16.1. The number of hydrogen-bond donors (Lipinski definition) is 0. The molecular formula is C19H21N2O. The van der Waals surface area contributed by atoms with E-state index in [1.807, 2.05) is 31.7 Å². The van der Waals surface area contributed by atoms with Crippen molar-refractivity contribution in [3.8, 4) is 0 Å². The summed E-state index contributed by atoms with van der Waals surface area (Å²) >= 11 is 0. The number of aliphatic imine (C=N–C) groups is 1. The van der Waals surface area contributed by atoms with Crippen LogP contribution < -0.4 is 0 Å². The van der Waals surface area contributed by atoms with Crippen molar-refractivity contribution in [3.63, 3.8) is 0 Å². The molecule has 0 unspecified atom stereocenters. The van der Waals surface area contributed by atoms with Crippen molar-refractivity contribution in [3.05, 3.63) is 53.4 Å². The minimum Gasteiger partial charge on any atom is -0.287 e. The van der Waals surface area contributed by atoms with Crippen LogP contribution in [0.1, 0.15) is 54.7 Å². The highest BCUT2D eigenvalue weighted by molar-refractivity contribution is 6.15. The Balaban J connectivity index is 1.98. The van der Waals surface area contributed by atoms with Gasteiger partial charge in [-0.2, -0.15) is 0 Å². The lowest BCUT2D eigenvalue weighted by Gasteiger charge is -2.10. The van der Waals surface area contributed by atoms with Gasteiger partial charge in [-0.15, -0.1) is 0 Å². The minimum atomic E-state index is 0.0113. The average molecular weight is 293 g/mol. The van der Waals surface area contributed by atoms with E-state index in [-0.39, 0.29) is 5.78 Å². The number of allylic oxidation sites excluding steroid dienone is 3. The lowest BCUT2D eigenvalue weighted by Crippen LogP contribution is -2.06. The van der Waals surface area contributed by atoms with Gasteiger partial charge < -0.3 is 0 Å². The Morgan fingerprint density at radius 2 is 2.18 bits per heavy atom. The van der Waals surface area contributed by atoms with Crippen LogP contribution >= 0.6 is 0 Å². The molecule has 0 spiro atoms. The Hall–Kier alpha value is -2.03. The third-order valence-electron chi connectivity index (χ3n) is 4.15. The summed E-state index contributed by atoms with van der Waals surface area (Å²) < 4.78 is 0. The Labute approximate surface area is 131 Å². The minimum absolute atomic E-state index is 0.0113. The lowest BCUT2D eigenvalue weighted by atomic mass is 9.98. The Kier molecular flexibility index (Phi) is 4.06. The Morgan fingerprint density at radius 3 is 2.77 bits per heavy atom. The van der Waals surface area contributed by atoms with Crippen LogP contribution in [0.4, 0.5) is 0 Å². The molecule has 2 aliphatic rings.